The molecule has 1 aromatic heterocycles. The number of aryl methyl sites for hydroxylation is 1. The lowest BCUT2D eigenvalue weighted by Crippen LogP contribution is -2.22. The minimum Gasteiger partial charge on any atom is -0.492 e. The molecule has 0 aliphatic carbocycles. The van der Waals surface area contributed by atoms with Crippen molar-refractivity contribution in [3.63, 3.8) is 0 Å². The summed E-state index contributed by atoms with van der Waals surface area (Å²) in [6.45, 7) is 7.70. The summed E-state index contributed by atoms with van der Waals surface area (Å²) in [5.41, 5.74) is 3.59. The van der Waals surface area contributed by atoms with Crippen LogP contribution < -0.4 is 15.4 Å². The molecule has 0 atom stereocenters. The molecule has 0 bridgehead atoms. The van der Waals surface area contributed by atoms with Crippen LogP contribution in [0.1, 0.15) is 35.5 Å². The first-order chi connectivity index (χ1) is 11.1. The molecule has 1 aromatic carbocycles. The molecular formula is C18H23N3O2. The average molecular weight is 313 g/mol. The quantitative estimate of drug-likeness (QED) is 0.824. The van der Waals surface area contributed by atoms with Crippen molar-refractivity contribution in [3.8, 4) is 5.75 Å². The molecule has 5 heteroatoms. The van der Waals surface area contributed by atoms with Gasteiger partial charge in [0.15, 0.2) is 0 Å². The SMILES string of the molecule is CCNC(=O)c1ccc(C)c(NCc2ccc(OCC)cn2)c1. The number of nitrogens with one attached hydrogen (secondary N) is 2. The Morgan fingerprint density at radius 3 is 2.70 bits per heavy atom. The Morgan fingerprint density at radius 2 is 2.04 bits per heavy atom. The first-order valence-corrected chi connectivity index (χ1v) is 7.84. The zero-order valence-electron chi connectivity index (χ0n) is 13.8. The topological polar surface area (TPSA) is 63.2 Å². The van der Waals surface area contributed by atoms with E-state index in [1.807, 2.05) is 51.1 Å². The number of anilines is 1. The second kappa shape index (κ2) is 8.17. The van der Waals surface area contributed by atoms with Crippen molar-refractivity contribution in [3.05, 3.63) is 53.3 Å². The van der Waals surface area contributed by atoms with Gasteiger partial charge in [0.25, 0.3) is 5.91 Å². The highest BCUT2D eigenvalue weighted by atomic mass is 16.5. The molecule has 2 rings (SSSR count). The highest BCUT2D eigenvalue weighted by molar-refractivity contribution is 5.95. The Bertz CT molecular complexity index is 654. The van der Waals surface area contributed by atoms with Crippen LogP contribution in [0.25, 0.3) is 0 Å². The molecule has 0 saturated heterocycles. The van der Waals surface area contributed by atoms with E-state index in [0.29, 0.717) is 25.3 Å². The largest absolute Gasteiger partial charge is 0.492 e. The van der Waals surface area contributed by atoms with Gasteiger partial charge in [-0.1, -0.05) is 6.07 Å². The number of benzene rings is 1. The van der Waals surface area contributed by atoms with Crippen LogP contribution in [0.15, 0.2) is 36.5 Å². The summed E-state index contributed by atoms with van der Waals surface area (Å²) < 4.78 is 5.38. The van der Waals surface area contributed by atoms with Crippen LogP contribution in [0.3, 0.4) is 0 Å². The summed E-state index contributed by atoms with van der Waals surface area (Å²) in [6.07, 6.45) is 1.72. The van der Waals surface area contributed by atoms with E-state index in [1.165, 1.54) is 0 Å². The number of ether oxygens (including phenoxy) is 1. The summed E-state index contributed by atoms with van der Waals surface area (Å²) in [7, 11) is 0. The summed E-state index contributed by atoms with van der Waals surface area (Å²) in [6, 6.07) is 9.49. The molecule has 122 valence electrons. The standard InChI is InChI=1S/C18H23N3O2/c1-4-19-18(22)14-7-6-13(3)17(10-14)21-11-15-8-9-16(12-20-15)23-5-2/h6-10,12,21H,4-5,11H2,1-3H3,(H,19,22). The van der Waals surface area contributed by atoms with E-state index in [0.717, 1.165) is 22.7 Å². The number of hydrogen-bond donors (Lipinski definition) is 2. The number of carbonyl (C=O) groups is 1. The number of nitrogens with zero attached hydrogens (tertiary/aromatic N) is 1. The van der Waals surface area contributed by atoms with Crippen molar-refractivity contribution in [2.75, 3.05) is 18.5 Å². The average Bonchev–Trinajstić information content (AvgIpc) is 2.56. The van der Waals surface area contributed by atoms with E-state index in [-0.39, 0.29) is 5.91 Å². The Labute approximate surface area is 137 Å². The predicted molar refractivity (Wildman–Crippen MR) is 91.9 cm³/mol. The molecule has 1 amide bonds. The third kappa shape index (κ3) is 4.71. The van der Waals surface area contributed by atoms with E-state index >= 15 is 0 Å². The summed E-state index contributed by atoms with van der Waals surface area (Å²) in [4.78, 5) is 16.3. The summed E-state index contributed by atoms with van der Waals surface area (Å²) in [5, 5.41) is 6.14. The van der Waals surface area contributed by atoms with Crippen molar-refractivity contribution in [2.24, 2.45) is 0 Å². The smallest absolute Gasteiger partial charge is 0.251 e. The second-order valence-electron chi connectivity index (χ2n) is 5.16. The number of aromatic nitrogens is 1. The molecule has 0 spiro atoms. The molecule has 1 heterocycles. The minimum atomic E-state index is -0.0604. The molecule has 5 nitrogen and oxygen atoms in total. The zero-order valence-corrected chi connectivity index (χ0v) is 13.8. The van der Waals surface area contributed by atoms with Crippen LogP contribution in [0.4, 0.5) is 5.69 Å². The van der Waals surface area contributed by atoms with E-state index in [1.54, 1.807) is 6.20 Å². The molecule has 2 aromatic rings. The van der Waals surface area contributed by atoms with Gasteiger partial charge >= 0.3 is 0 Å². The van der Waals surface area contributed by atoms with Gasteiger partial charge in [-0.3, -0.25) is 9.78 Å². The van der Waals surface area contributed by atoms with Gasteiger partial charge in [-0.25, -0.2) is 0 Å². The Hall–Kier alpha value is -2.56. The fourth-order valence-corrected chi connectivity index (χ4v) is 2.17. The monoisotopic (exact) mass is 313 g/mol. The lowest BCUT2D eigenvalue weighted by atomic mass is 10.1. The van der Waals surface area contributed by atoms with Gasteiger partial charge in [0.2, 0.25) is 0 Å². The number of carbonyl (C=O) groups excluding carboxylic acids is 1. The van der Waals surface area contributed by atoms with Crippen LogP contribution in [0.2, 0.25) is 0 Å². The third-order valence-electron chi connectivity index (χ3n) is 3.41. The fourth-order valence-electron chi connectivity index (χ4n) is 2.17. The lowest BCUT2D eigenvalue weighted by molar-refractivity contribution is 0.0956. The maximum atomic E-state index is 11.9. The van der Waals surface area contributed by atoms with E-state index in [4.69, 9.17) is 4.74 Å². The molecule has 0 aliphatic heterocycles. The van der Waals surface area contributed by atoms with Crippen molar-refractivity contribution in [1.82, 2.24) is 10.3 Å². The highest BCUT2D eigenvalue weighted by Gasteiger charge is 2.07. The van der Waals surface area contributed by atoms with Gasteiger partial charge in [0.05, 0.1) is 25.0 Å². The third-order valence-corrected chi connectivity index (χ3v) is 3.41. The van der Waals surface area contributed by atoms with Crippen molar-refractivity contribution >= 4 is 11.6 Å². The summed E-state index contributed by atoms with van der Waals surface area (Å²) in [5.74, 6) is 0.709. The van der Waals surface area contributed by atoms with Crippen LogP contribution in [-0.2, 0) is 6.54 Å². The lowest BCUT2D eigenvalue weighted by Gasteiger charge is -2.12. The summed E-state index contributed by atoms with van der Waals surface area (Å²) >= 11 is 0. The van der Waals surface area contributed by atoms with Gasteiger partial charge in [-0.15, -0.1) is 0 Å². The first kappa shape index (κ1) is 16.8. The van der Waals surface area contributed by atoms with Crippen molar-refractivity contribution in [2.45, 2.75) is 27.3 Å². The Morgan fingerprint density at radius 1 is 1.22 bits per heavy atom. The maximum Gasteiger partial charge on any atom is 0.251 e. The molecule has 0 fully saturated rings. The number of pyridine rings is 1. The number of hydrogen-bond acceptors (Lipinski definition) is 4. The molecular weight excluding hydrogens is 290 g/mol. The molecule has 2 N–H and O–H groups in total. The first-order valence-electron chi connectivity index (χ1n) is 7.84. The number of rotatable bonds is 7. The van der Waals surface area contributed by atoms with Crippen LogP contribution in [0, 0.1) is 6.92 Å². The normalized spacial score (nSPS) is 10.2. The van der Waals surface area contributed by atoms with Gasteiger partial charge in [0.1, 0.15) is 5.75 Å². The van der Waals surface area contributed by atoms with Gasteiger partial charge in [-0.05, 0) is 50.6 Å². The van der Waals surface area contributed by atoms with Crippen LogP contribution in [0.5, 0.6) is 5.75 Å². The van der Waals surface area contributed by atoms with Crippen LogP contribution >= 0.6 is 0 Å². The second-order valence-corrected chi connectivity index (χ2v) is 5.16. The Kier molecular flexibility index (Phi) is 5.97. The Balaban J connectivity index is 2.04. The fraction of sp³-hybridized carbons (Fsp3) is 0.333. The minimum absolute atomic E-state index is 0.0604. The van der Waals surface area contributed by atoms with Gasteiger partial charge in [-0.2, -0.15) is 0 Å². The maximum absolute atomic E-state index is 11.9. The number of amides is 1. The van der Waals surface area contributed by atoms with Crippen molar-refractivity contribution in [1.29, 1.82) is 0 Å². The van der Waals surface area contributed by atoms with Crippen LogP contribution in [-0.4, -0.2) is 24.0 Å². The van der Waals surface area contributed by atoms with Gasteiger partial charge in [0, 0.05) is 17.8 Å². The van der Waals surface area contributed by atoms with Crippen molar-refractivity contribution < 1.29 is 9.53 Å². The molecule has 0 radical (unpaired) electrons. The zero-order chi connectivity index (χ0) is 16.7. The molecule has 23 heavy (non-hydrogen) atoms. The highest BCUT2D eigenvalue weighted by Crippen LogP contribution is 2.18. The van der Waals surface area contributed by atoms with Gasteiger partial charge < -0.3 is 15.4 Å². The van der Waals surface area contributed by atoms with E-state index in [9.17, 15) is 4.79 Å². The molecule has 0 saturated carbocycles. The van der Waals surface area contributed by atoms with E-state index in [2.05, 4.69) is 15.6 Å². The predicted octanol–water partition coefficient (Wildman–Crippen LogP) is 3.15. The molecule has 0 unspecified atom stereocenters. The van der Waals surface area contributed by atoms with E-state index < -0.39 is 0 Å². The molecule has 0 aliphatic rings.